The van der Waals surface area contributed by atoms with Crippen LogP contribution in [-0.4, -0.2) is 22.1 Å². The molecule has 16 heavy (non-hydrogen) atoms. The van der Waals surface area contributed by atoms with Crippen molar-refractivity contribution in [2.45, 2.75) is 12.8 Å². The average Bonchev–Trinajstić information content (AvgIpc) is 2.65. The van der Waals surface area contributed by atoms with Crippen molar-refractivity contribution in [2.24, 2.45) is 0 Å². The van der Waals surface area contributed by atoms with E-state index in [0.717, 1.165) is 22.9 Å². The number of hydrogen-bond acceptors (Lipinski definition) is 2. The monoisotopic (exact) mass is 217 g/mol. The normalized spacial score (nSPS) is 10.5. The van der Waals surface area contributed by atoms with Gasteiger partial charge in [-0.25, -0.2) is 0 Å². The Morgan fingerprint density at radius 2 is 2.12 bits per heavy atom. The summed E-state index contributed by atoms with van der Waals surface area (Å²) in [6.45, 7) is 0. The largest absolute Gasteiger partial charge is 0.481 e. The number of carboxylic acids is 1. The molecule has 2 aromatic rings. The maximum Gasteiger partial charge on any atom is 0.303 e. The van der Waals surface area contributed by atoms with Gasteiger partial charge in [-0.05, 0) is 18.1 Å². The third-order valence-corrected chi connectivity index (χ3v) is 2.54. The summed E-state index contributed by atoms with van der Waals surface area (Å²) in [7, 11) is 0. The Kier molecular flexibility index (Phi) is 2.72. The second kappa shape index (κ2) is 4.18. The van der Waals surface area contributed by atoms with Gasteiger partial charge in [0.25, 0.3) is 0 Å². The lowest BCUT2D eigenvalue weighted by molar-refractivity contribution is -0.136. The predicted octanol–water partition coefficient (Wildman–Crippen LogP) is 1.70. The summed E-state index contributed by atoms with van der Waals surface area (Å²) in [6, 6.07) is 7.46. The Morgan fingerprint density at radius 1 is 1.38 bits per heavy atom. The van der Waals surface area contributed by atoms with E-state index in [4.69, 9.17) is 5.11 Å². The molecule has 0 unspecified atom stereocenters. The minimum atomic E-state index is -0.831. The van der Waals surface area contributed by atoms with E-state index in [1.807, 2.05) is 24.3 Å². The van der Waals surface area contributed by atoms with E-state index < -0.39 is 5.97 Å². The van der Waals surface area contributed by atoms with Crippen molar-refractivity contribution in [3.63, 3.8) is 0 Å². The molecule has 0 radical (unpaired) electrons. The number of rotatable bonds is 4. The van der Waals surface area contributed by atoms with Crippen molar-refractivity contribution in [3.05, 3.63) is 36.0 Å². The van der Waals surface area contributed by atoms with Crippen molar-refractivity contribution >= 4 is 23.3 Å². The first kappa shape index (κ1) is 10.4. The number of carboxylic acid groups (broad SMARTS) is 1. The standard InChI is InChI=1S/C12H11NO3/c14-8-13-7-9(5-6-12(15)16)10-3-1-2-4-11(10)13/h1-4,7-8H,5-6H2,(H,15,16). The molecule has 1 aromatic carbocycles. The Bertz CT molecular complexity index is 542. The van der Waals surface area contributed by atoms with Gasteiger partial charge >= 0.3 is 5.97 Å². The third kappa shape index (κ3) is 1.82. The first-order chi connectivity index (χ1) is 7.72. The molecule has 4 heteroatoms. The second-order valence-electron chi connectivity index (χ2n) is 3.58. The van der Waals surface area contributed by atoms with Crippen LogP contribution in [0.1, 0.15) is 12.0 Å². The molecule has 82 valence electrons. The van der Waals surface area contributed by atoms with Gasteiger partial charge in [-0.15, -0.1) is 0 Å². The van der Waals surface area contributed by atoms with Gasteiger partial charge in [0.05, 0.1) is 5.52 Å². The summed E-state index contributed by atoms with van der Waals surface area (Å²) in [5.74, 6) is -0.831. The van der Waals surface area contributed by atoms with Crippen molar-refractivity contribution < 1.29 is 14.7 Å². The highest BCUT2D eigenvalue weighted by molar-refractivity contribution is 5.88. The molecule has 0 spiro atoms. The molecule has 0 aliphatic carbocycles. The molecule has 1 heterocycles. The fourth-order valence-corrected chi connectivity index (χ4v) is 1.81. The van der Waals surface area contributed by atoms with Crippen molar-refractivity contribution in [2.75, 3.05) is 0 Å². The van der Waals surface area contributed by atoms with E-state index in [2.05, 4.69) is 0 Å². The van der Waals surface area contributed by atoms with Gasteiger partial charge in [0.1, 0.15) is 0 Å². The molecule has 2 rings (SSSR count). The molecular formula is C12H11NO3. The molecule has 1 aromatic heterocycles. The van der Waals surface area contributed by atoms with Crippen molar-refractivity contribution in [1.29, 1.82) is 0 Å². The van der Waals surface area contributed by atoms with E-state index >= 15 is 0 Å². The molecule has 0 amide bonds. The molecule has 1 N–H and O–H groups in total. The SMILES string of the molecule is O=Cn1cc(CCC(=O)O)c2ccccc21. The van der Waals surface area contributed by atoms with Crippen LogP contribution in [0, 0.1) is 0 Å². The minimum Gasteiger partial charge on any atom is -0.481 e. The van der Waals surface area contributed by atoms with Crippen LogP contribution in [0.15, 0.2) is 30.5 Å². The summed E-state index contributed by atoms with van der Waals surface area (Å²) in [4.78, 5) is 21.3. The number of hydrogen-bond donors (Lipinski definition) is 1. The molecule has 4 nitrogen and oxygen atoms in total. The van der Waals surface area contributed by atoms with E-state index in [1.54, 1.807) is 6.20 Å². The summed E-state index contributed by atoms with van der Waals surface area (Å²) >= 11 is 0. The van der Waals surface area contributed by atoms with Gasteiger partial charge < -0.3 is 5.11 Å². The first-order valence-electron chi connectivity index (χ1n) is 4.98. The van der Waals surface area contributed by atoms with E-state index in [-0.39, 0.29) is 6.42 Å². The predicted molar refractivity (Wildman–Crippen MR) is 60.0 cm³/mol. The highest BCUT2D eigenvalue weighted by Gasteiger charge is 2.08. The molecule has 0 fully saturated rings. The van der Waals surface area contributed by atoms with Crippen molar-refractivity contribution in [3.8, 4) is 0 Å². The molecule has 0 atom stereocenters. The number of para-hydroxylation sites is 1. The van der Waals surface area contributed by atoms with Crippen LogP contribution in [0.3, 0.4) is 0 Å². The topological polar surface area (TPSA) is 59.3 Å². The van der Waals surface area contributed by atoms with Crippen LogP contribution in [0.5, 0.6) is 0 Å². The maximum atomic E-state index is 10.8. The maximum absolute atomic E-state index is 10.8. The molecule has 0 saturated carbocycles. The van der Waals surface area contributed by atoms with Crippen LogP contribution in [-0.2, 0) is 16.0 Å². The summed E-state index contributed by atoms with van der Waals surface area (Å²) in [5.41, 5.74) is 1.71. The number of benzene rings is 1. The Morgan fingerprint density at radius 3 is 2.81 bits per heavy atom. The summed E-state index contributed by atoms with van der Waals surface area (Å²) in [6.07, 6.45) is 2.94. The lowest BCUT2D eigenvalue weighted by Gasteiger charge is -1.95. The van der Waals surface area contributed by atoms with Crippen LogP contribution in [0.4, 0.5) is 0 Å². The van der Waals surface area contributed by atoms with Crippen LogP contribution < -0.4 is 0 Å². The molecular weight excluding hydrogens is 206 g/mol. The Labute approximate surface area is 92.1 Å². The average molecular weight is 217 g/mol. The Hall–Kier alpha value is -2.10. The molecule has 0 bridgehead atoms. The summed E-state index contributed by atoms with van der Waals surface area (Å²) < 4.78 is 1.48. The van der Waals surface area contributed by atoms with Gasteiger partial charge in [0.15, 0.2) is 0 Å². The fourth-order valence-electron chi connectivity index (χ4n) is 1.81. The number of aryl methyl sites for hydroxylation is 1. The van der Waals surface area contributed by atoms with E-state index in [0.29, 0.717) is 6.42 Å². The first-order valence-corrected chi connectivity index (χ1v) is 4.98. The molecule has 0 aliphatic rings. The van der Waals surface area contributed by atoms with Crippen LogP contribution in [0.25, 0.3) is 10.9 Å². The van der Waals surface area contributed by atoms with E-state index in [1.165, 1.54) is 4.57 Å². The summed E-state index contributed by atoms with van der Waals surface area (Å²) in [5, 5.41) is 9.58. The van der Waals surface area contributed by atoms with E-state index in [9.17, 15) is 9.59 Å². The number of carbonyl (C=O) groups is 2. The van der Waals surface area contributed by atoms with Gasteiger partial charge in [-0.1, -0.05) is 18.2 Å². The van der Waals surface area contributed by atoms with Gasteiger partial charge in [0, 0.05) is 18.0 Å². The highest BCUT2D eigenvalue weighted by atomic mass is 16.4. The van der Waals surface area contributed by atoms with Gasteiger partial charge in [0.2, 0.25) is 6.41 Å². The number of fused-ring (bicyclic) bond motifs is 1. The van der Waals surface area contributed by atoms with Crippen LogP contribution >= 0.6 is 0 Å². The third-order valence-electron chi connectivity index (χ3n) is 2.54. The van der Waals surface area contributed by atoms with Gasteiger partial charge in [-0.2, -0.15) is 0 Å². The quantitative estimate of drug-likeness (QED) is 0.793. The highest BCUT2D eigenvalue weighted by Crippen LogP contribution is 2.21. The Balaban J connectivity index is 2.45. The number of aromatic nitrogens is 1. The molecule has 0 saturated heterocycles. The number of aliphatic carboxylic acids is 1. The van der Waals surface area contributed by atoms with Crippen LogP contribution in [0.2, 0.25) is 0 Å². The zero-order valence-corrected chi connectivity index (χ0v) is 8.59. The zero-order valence-electron chi connectivity index (χ0n) is 8.59. The second-order valence-corrected chi connectivity index (χ2v) is 3.58. The number of carbonyl (C=O) groups excluding carboxylic acids is 1. The fraction of sp³-hybridized carbons (Fsp3) is 0.167. The lowest BCUT2D eigenvalue weighted by Crippen LogP contribution is -1.97. The molecule has 0 aliphatic heterocycles. The lowest BCUT2D eigenvalue weighted by atomic mass is 10.1. The minimum absolute atomic E-state index is 0.0763. The number of nitrogens with zero attached hydrogens (tertiary/aromatic N) is 1. The zero-order chi connectivity index (χ0) is 11.5. The van der Waals surface area contributed by atoms with Gasteiger partial charge in [-0.3, -0.25) is 14.2 Å². The smallest absolute Gasteiger partial charge is 0.303 e. The van der Waals surface area contributed by atoms with Crippen molar-refractivity contribution in [1.82, 2.24) is 4.57 Å².